The van der Waals surface area contributed by atoms with Gasteiger partial charge < -0.3 is 4.90 Å². The Bertz CT molecular complexity index is 564. The first-order valence-corrected chi connectivity index (χ1v) is 7.26. The number of para-hydroxylation sites is 1. The van der Waals surface area contributed by atoms with Gasteiger partial charge in [0.05, 0.1) is 4.92 Å². The van der Waals surface area contributed by atoms with Crippen molar-refractivity contribution >= 4 is 23.2 Å². The van der Waals surface area contributed by atoms with Crippen LogP contribution in [-0.4, -0.2) is 53.4 Å². The number of halogens is 1. The molecule has 1 atom stereocenters. The zero-order valence-corrected chi connectivity index (χ0v) is 12.8. The van der Waals surface area contributed by atoms with E-state index in [1.54, 1.807) is 11.0 Å². The van der Waals surface area contributed by atoms with Crippen LogP contribution in [0.25, 0.3) is 0 Å². The van der Waals surface area contributed by atoms with Gasteiger partial charge in [-0.1, -0.05) is 24.6 Å². The normalized spacial score (nSPS) is 19.6. The summed E-state index contributed by atoms with van der Waals surface area (Å²) in [5.41, 5.74) is -0.247. The van der Waals surface area contributed by atoms with E-state index >= 15 is 0 Å². The molecular formula is C14H18ClN3O3. The molecule has 1 fully saturated rings. The molecule has 0 spiro atoms. The highest BCUT2D eigenvalue weighted by atomic mass is 35.5. The fourth-order valence-corrected chi connectivity index (χ4v) is 2.86. The first-order valence-electron chi connectivity index (χ1n) is 6.88. The molecule has 0 radical (unpaired) electrons. The summed E-state index contributed by atoms with van der Waals surface area (Å²) in [6.45, 7) is 3.97. The first-order chi connectivity index (χ1) is 9.95. The Morgan fingerprint density at radius 2 is 2.19 bits per heavy atom. The number of carbonyl (C=O) groups is 1. The zero-order valence-electron chi connectivity index (χ0n) is 12.1. The number of nitrogens with zero attached hydrogens (tertiary/aromatic N) is 3. The van der Waals surface area contributed by atoms with Gasteiger partial charge in [0, 0.05) is 25.7 Å². The number of rotatable bonds is 3. The van der Waals surface area contributed by atoms with E-state index in [2.05, 4.69) is 11.8 Å². The fourth-order valence-electron chi connectivity index (χ4n) is 2.62. The van der Waals surface area contributed by atoms with Gasteiger partial charge in [0.25, 0.3) is 5.91 Å². The minimum Gasteiger partial charge on any atom is -0.336 e. The quantitative estimate of drug-likeness (QED) is 0.635. The molecule has 7 heteroatoms. The summed E-state index contributed by atoms with van der Waals surface area (Å²) in [5.74, 6) is -0.323. The van der Waals surface area contributed by atoms with Crippen LogP contribution in [0.15, 0.2) is 18.2 Å². The lowest BCUT2D eigenvalue weighted by atomic mass is 10.1. The van der Waals surface area contributed by atoms with E-state index in [-0.39, 0.29) is 28.2 Å². The second kappa shape index (κ2) is 6.41. The number of nitro benzene ring substituents is 1. The van der Waals surface area contributed by atoms with Crippen LogP contribution in [0.5, 0.6) is 0 Å². The number of nitro groups is 1. The van der Waals surface area contributed by atoms with E-state index in [0.29, 0.717) is 13.1 Å². The molecule has 2 rings (SSSR count). The van der Waals surface area contributed by atoms with Crippen molar-refractivity contribution in [1.82, 2.24) is 9.80 Å². The molecule has 1 aromatic carbocycles. The van der Waals surface area contributed by atoms with Crippen molar-refractivity contribution in [2.75, 3.05) is 26.7 Å². The first kappa shape index (κ1) is 15.7. The molecule has 1 aliphatic heterocycles. The third-order valence-electron chi connectivity index (χ3n) is 3.94. The largest absolute Gasteiger partial charge is 0.336 e. The molecule has 0 N–H and O–H groups in total. The number of likely N-dealkylation sites (N-methyl/N-ethyl adjacent to an activating group) is 1. The van der Waals surface area contributed by atoms with Crippen LogP contribution >= 0.6 is 11.6 Å². The number of benzene rings is 1. The minimum absolute atomic E-state index is 0.00739. The van der Waals surface area contributed by atoms with Gasteiger partial charge in [0.2, 0.25) is 0 Å². The third-order valence-corrected chi connectivity index (χ3v) is 4.24. The lowest BCUT2D eigenvalue weighted by Gasteiger charge is -2.39. The van der Waals surface area contributed by atoms with Crippen molar-refractivity contribution in [2.45, 2.75) is 19.4 Å². The molecular weight excluding hydrogens is 294 g/mol. The number of carbonyl (C=O) groups excluding carboxylic acids is 1. The molecule has 1 amide bonds. The predicted octanol–water partition coefficient (Wildman–Crippen LogP) is 2.41. The van der Waals surface area contributed by atoms with E-state index in [1.165, 1.54) is 12.1 Å². The summed E-state index contributed by atoms with van der Waals surface area (Å²) in [4.78, 5) is 27.0. The van der Waals surface area contributed by atoms with Crippen molar-refractivity contribution in [3.63, 3.8) is 0 Å². The van der Waals surface area contributed by atoms with Crippen molar-refractivity contribution in [3.05, 3.63) is 38.9 Å². The maximum absolute atomic E-state index is 12.6. The molecule has 1 heterocycles. The summed E-state index contributed by atoms with van der Waals surface area (Å²) >= 11 is 5.87. The summed E-state index contributed by atoms with van der Waals surface area (Å²) in [6.07, 6.45) is 0.928. The highest BCUT2D eigenvalue weighted by Gasteiger charge is 2.31. The van der Waals surface area contributed by atoms with Gasteiger partial charge in [-0.15, -0.1) is 0 Å². The van der Waals surface area contributed by atoms with Crippen LogP contribution in [0.1, 0.15) is 23.7 Å². The highest BCUT2D eigenvalue weighted by molar-refractivity contribution is 6.33. The van der Waals surface area contributed by atoms with Gasteiger partial charge in [0.15, 0.2) is 0 Å². The lowest BCUT2D eigenvalue weighted by Crippen LogP contribution is -2.53. The van der Waals surface area contributed by atoms with Crippen molar-refractivity contribution in [2.24, 2.45) is 0 Å². The maximum Gasteiger partial charge on any atom is 0.300 e. The lowest BCUT2D eigenvalue weighted by molar-refractivity contribution is -0.385. The Kier molecular flexibility index (Phi) is 4.80. The molecule has 21 heavy (non-hydrogen) atoms. The zero-order chi connectivity index (χ0) is 15.6. The molecule has 0 aromatic heterocycles. The van der Waals surface area contributed by atoms with Crippen LogP contribution < -0.4 is 0 Å². The predicted molar refractivity (Wildman–Crippen MR) is 80.7 cm³/mol. The SMILES string of the molecule is CCC1CN(C(=O)c2cccc(Cl)c2[N+](=O)[O-])CCN1C. The molecule has 1 aromatic rings. The average molecular weight is 312 g/mol. The van der Waals surface area contributed by atoms with E-state index in [4.69, 9.17) is 11.6 Å². The summed E-state index contributed by atoms with van der Waals surface area (Å²) in [5, 5.41) is 11.1. The van der Waals surface area contributed by atoms with Crippen LogP contribution in [0.2, 0.25) is 5.02 Å². The number of hydrogen-bond acceptors (Lipinski definition) is 4. The molecule has 1 aliphatic rings. The van der Waals surface area contributed by atoms with Gasteiger partial charge >= 0.3 is 5.69 Å². The van der Waals surface area contributed by atoms with Crippen LogP contribution in [0.3, 0.4) is 0 Å². The second-order valence-corrected chi connectivity index (χ2v) is 5.59. The van der Waals surface area contributed by atoms with Crippen LogP contribution in [0, 0.1) is 10.1 Å². The molecule has 1 unspecified atom stereocenters. The Balaban J connectivity index is 2.29. The van der Waals surface area contributed by atoms with Gasteiger partial charge in [-0.05, 0) is 25.6 Å². The highest BCUT2D eigenvalue weighted by Crippen LogP contribution is 2.29. The van der Waals surface area contributed by atoms with Gasteiger partial charge in [-0.2, -0.15) is 0 Å². The Hall–Kier alpha value is -1.66. The van der Waals surface area contributed by atoms with Crippen molar-refractivity contribution in [3.8, 4) is 0 Å². The Morgan fingerprint density at radius 3 is 2.81 bits per heavy atom. The molecule has 0 bridgehead atoms. The summed E-state index contributed by atoms with van der Waals surface area (Å²) < 4.78 is 0. The molecule has 0 saturated carbocycles. The monoisotopic (exact) mass is 311 g/mol. The molecule has 114 valence electrons. The van der Waals surface area contributed by atoms with E-state index < -0.39 is 4.92 Å². The molecule has 6 nitrogen and oxygen atoms in total. The topological polar surface area (TPSA) is 66.7 Å². The van der Waals surface area contributed by atoms with Crippen LogP contribution in [0.4, 0.5) is 5.69 Å². The fraction of sp³-hybridized carbons (Fsp3) is 0.500. The van der Waals surface area contributed by atoms with E-state index in [9.17, 15) is 14.9 Å². The van der Waals surface area contributed by atoms with E-state index in [1.807, 2.05) is 7.05 Å². The summed E-state index contributed by atoms with van der Waals surface area (Å²) in [6, 6.07) is 4.73. The van der Waals surface area contributed by atoms with E-state index in [0.717, 1.165) is 13.0 Å². The number of amides is 1. The number of piperazine rings is 1. The van der Waals surface area contributed by atoms with Gasteiger partial charge in [-0.25, -0.2) is 0 Å². The maximum atomic E-state index is 12.6. The van der Waals surface area contributed by atoms with Crippen LogP contribution in [-0.2, 0) is 0 Å². The minimum atomic E-state index is -0.594. The Labute approximate surface area is 128 Å². The molecule has 1 saturated heterocycles. The smallest absolute Gasteiger partial charge is 0.300 e. The molecule has 0 aliphatic carbocycles. The average Bonchev–Trinajstić information content (AvgIpc) is 2.46. The summed E-state index contributed by atoms with van der Waals surface area (Å²) in [7, 11) is 2.03. The van der Waals surface area contributed by atoms with Crippen molar-refractivity contribution < 1.29 is 9.72 Å². The standard InChI is InChI=1S/C14H18ClN3O3/c1-3-10-9-17(8-7-16(10)2)14(19)11-5-4-6-12(15)13(11)18(20)21/h4-6,10H,3,7-9H2,1-2H3. The Morgan fingerprint density at radius 1 is 1.48 bits per heavy atom. The second-order valence-electron chi connectivity index (χ2n) is 5.19. The van der Waals surface area contributed by atoms with Gasteiger partial charge in [0.1, 0.15) is 10.6 Å². The third kappa shape index (κ3) is 3.16. The number of hydrogen-bond donors (Lipinski definition) is 0. The van der Waals surface area contributed by atoms with Gasteiger partial charge in [-0.3, -0.25) is 19.8 Å². The van der Waals surface area contributed by atoms with Crippen molar-refractivity contribution in [1.29, 1.82) is 0 Å².